The van der Waals surface area contributed by atoms with E-state index < -0.39 is 0 Å². The van der Waals surface area contributed by atoms with Gasteiger partial charge in [-0.2, -0.15) is 0 Å². The second-order valence-electron chi connectivity index (χ2n) is 7.82. The summed E-state index contributed by atoms with van der Waals surface area (Å²) in [7, 11) is 0. The lowest BCUT2D eigenvalue weighted by atomic mass is 9.83. The zero-order valence-corrected chi connectivity index (χ0v) is 14.3. The maximum atomic E-state index is 12.4. The summed E-state index contributed by atoms with van der Waals surface area (Å²) in [6.45, 7) is 9.66. The van der Waals surface area contributed by atoms with Gasteiger partial charge in [0.1, 0.15) is 0 Å². The second-order valence-corrected chi connectivity index (χ2v) is 7.82. The first-order valence-corrected chi connectivity index (χ1v) is 9.03. The minimum Gasteiger partial charge on any atom is -0.341 e. The first-order chi connectivity index (χ1) is 10.0. The lowest BCUT2D eigenvalue weighted by molar-refractivity contribution is -0.131. The fourth-order valence-corrected chi connectivity index (χ4v) is 3.90. The van der Waals surface area contributed by atoms with Crippen LogP contribution in [0.1, 0.15) is 72.1 Å². The third-order valence-corrected chi connectivity index (χ3v) is 5.53. The van der Waals surface area contributed by atoms with Crippen LogP contribution in [0.5, 0.6) is 0 Å². The molecule has 1 aliphatic heterocycles. The van der Waals surface area contributed by atoms with Gasteiger partial charge in [-0.3, -0.25) is 4.79 Å². The summed E-state index contributed by atoms with van der Waals surface area (Å²) < 4.78 is 0. The number of likely N-dealkylation sites (N-methyl/N-ethyl adjacent to an activating group) is 1. The molecular formula is C18H34N2O. The van der Waals surface area contributed by atoms with Crippen molar-refractivity contribution in [1.82, 2.24) is 10.2 Å². The molecule has 21 heavy (non-hydrogen) atoms. The molecule has 122 valence electrons. The number of nitrogens with one attached hydrogen (secondary N) is 1. The standard InChI is InChI=1S/C18H34N2O/c1-4-19-16(15-8-6-5-7-9-15)14-20-13-12-18(2,3)11-10-17(20)21/h15-16,19H,4-14H2,1-3H3. The first kappa shape index (κ1) is 16.8. The van der Waals surface area contributed by atoms with Crippen molar-refractivity contribution in [2.24, 2.45) is 11.3 Å². The van der Waals surface area contributed by atoms with E-state index in [9.17, 15) is 4.79 Å². The molecule has 1 saturated heterocycles. The van der Waals surface area contributed by atoms with Crippen LogP contribution >= 0.6 is 0 Å². The third-order valence-electron chi connectivity index (χ3n) is 5.53. The van der Waals surface area contributed by atoms with Gasteiger partial charge in [-0.25, -0.2) is 0 Å². The normalized spacial score (nSPS) is 25.7. The molecule has 2 fully saturated rings. The summed E-state index contributed by atoms with van der Waals surface area (Å²) >= 11 is 0. The molecule has 1 aliphatic carbocycles. The number of rotatable bonds is 5. The van der Waals surface area contributed by atoms with E-state index in [2.05, 4.69) is 31.0 Å². The highest BCUT2D eigenvalue weighted by molar-refractivity contribution is 5.76. The van der Waals surface area contributed by atoms with Gasteiger partial charge in [0.15, 0.2) is 0 Å². The van der Waals surface area contributed by atoms with E-state index in [-0.39, 0.29) is 0 Å². The molecule has 0 aromatic carbocycles. The van der Waals surface area contributed by atoms with Crippen molar-refractivity contribution in [3.8, 4) is 0 Å². The molecule has 1 amide bonds. The van der Waals surface area contributed by atoms with Crippen LogP contribution in [-0.2, 0) is 4.79 Å². The number of nitrogens with zero attached hydrogens (tertiary/aromatic N) is 1. The average Bonchev–Trinajstić information content (AvgIpc) is 2.60. The van der Waals surface area contributed by atoms with E-state index in [1.54, 1.807) is 0 Å². The lowest BCUT2D eigenvalue weighted by Crippen LogP contribution is -2.48. The zero-order valence-electron chi connectivity index (χ0n) is 14.3. The molecule has 3 heteroatoms. The first-order valence-electron chi connectivity index (χ1n) is 9.03. The topological polar surface area (TPSA) is 32.3 Å². The van der Waals surface area contributed by atoms with Crippen molar-refractivity contribution in [3.05, 3.63) is 0 Å². The van der Waals surface area contributed by atoms with E-state index in [4.69, 9.17) is 0 Å². The summed E-state index contributed by atoms with van der Waals surface area (Å²) in [5, 5.41) is 3.67. The summed E-state index contributed by atoms with van der Waals surface area (Å²) in [6, 6.07) is 0.500. The van der Waals surface area contributed by atoms with Gasteiger partial charge in [0, 0.05) is 25.6 Å². The van der Waals surface area contributed by atoms with Gasteiger partial charge in [0.2, 0.25) is 5.91 Å². The Morgan fingerprint density at radius 3 is 2.62 bits per heavy atom. The summed E-state index contributed by atoms with van der Waals surface area (Å²) in [6.07, 6.45) is 9.72. The Balaban J connectivity index is 1.96. The van der Waals surface area contributed by atoms with E-state index in [0.29, 0.717) is 17.4 Å². The van der Waals surface area contributed by atoms with Crippen LogP contribution in [0.15, 0.2) is 0 Å². The van der Waals surface area contributed by atoms with E-state index in [1.165, 1.54) is 32.1 Å². The molecule has 0 aromatic heterocycles. The molecule has 1 unspecified atom stereocenters. The number of carbonyl (C=O) groups is 1. The van der Waals surface area contributed by atoms with E-state index in [1.807, 2.05) is 0 Å². The van der Waals surface area contributed by atoms with Gasteiger partial charge < -0.3 is 10.2 Å². The molecule has 1 atom stereocenters. The van der Waals surface area contributed by atoms with Gasteiger partial charge >= 0.3 is 0 Å². The van der Waals surface area contributed by atoms with Crippen molar-refractivity contribution in [2.45, 2.75) is 78.2 Å². The molecule has 1 N–H and O–H groups in total. The molecule has 1 saturated carbocycles. The molecule has 0 radical (unpaired) electrons. The average molecular weight is 294 g/mol. The highest BCUT2D eigenvalue weighted by Gasteiger charge is 2.31. The molecular weight excluding hydrogens is 260 g/mol. The quantitative estimate of drug-likeness (QED) is 0.840. The number of hydrogen-bond donors (Lipinski definition) is 1. The minimum atomic E-state index is 0.322. The molecule has 3 nitrogen and oxygen atoms in total. The predicted molar refractivity (Wildman–Crippen MR) is 88.3 cm³/mol. The Morgan fingerprint density at radius 1 is 1.24 bits per heavy atom. The van der Waals surface area contributed by atoms with Crippen LogP contribution in [0.4, 0.5) is 0 Å². The Hall–Kier alpha value is -0.570. The number of likely N-dealkylation sites (tertiary alicyclic amines) is 1. The van der Waals surface area contributed by atoms with E-state index >= 15 is 0 Å². The van der Waals surface area contributed by atoms with Crippen molar-refractivity contribution < 1.29 is 4.79 Å². The molecule has 0 aromatic rings. The highest BCUT2D eigenvalue weighted by atomic mass is 16.2. The fraction of sp³-hybridized carbons (Fsp3) is 0.944. The van der Waals surface area contributed by atoms with Crippen molar-refractivity contribution in [3.63, 3.8) is 0 Å². The lowest BCUT2D eigenvalue weighted by Gasteiger charge is -2.35. The summed E-state index contributed by atoms with van der Waals surface area (Å²) in [4.78, 5) is 14.6. The molecule has 2 aliphatic rings. The zero-order chi connectivity index (χ0) is 15.3. The summed E-state index contributed by atoms with van der Waals surface area (Å²) in [5.74, 6) is 1.14. The van der Waals surface area contributed by atoms with Crippen LogP contribution in [0.3, 0.4) is 0 Å². The molecule has 0 spiro atoms. The van der Waals surface area contributed by atoms with Crippen molar-refractivity contribution in [1.29, 1.82) is 0 Å². The maximum absolute atomic E-state index is 12.4. The van der Waals surface area contributed by atoms with E-state index in [0.717, 1.165) is 44.8 Å². The molecule has 2 rings (SSSR count). The van der Waals surface area contributed by atoms with Gasteiger partial charge in [-0.15, -0.1) is 0 Å². The van der Waals surface area contributed by atoms with Crippen LogP contribution < -0.4 is 5.32 Å². The largest absolute Gasteiger partial charge is 0.341 e. The number of hydrogen-bond acceptors (Lipinski definition) is 2. The van der Waals surface area contributed by atoms with Gasteiger partial charge in [0.25, 0.3) is 0 Å². The van der Waals surface area contributed by atoms with Crippen molar-refractivity contribution in [2.75, 3.05) is 19.6 Å². The Bertz CT molecular complexity index is 334. The monoisotopic (exact) mass is 294 g/mol. The summed E-state index contributed by atoms with van der Waals surface area (Å²) in [5.41, 5.74) is 0.322. The van der Waals surface area contributed by atoms with Gasteiger partial charge in [-0.1, -0.05) is 40.0 Å². The van der Waals surface area contributed by atoms with Crippen molar-refractivity contribution >= 4 is 5.91 Å². The Kier molecular flexibility index (Phi) is 6.09. The highest BCUT2D eigenvalue weighted by Crippen LogP contribution is 2.31. The maximum Gasteiger partial charge on any atom is 0.222 e. The Labute approximate surface area is 130 Å². The second kappa shape index (κ2) is 7.62. The smallest absolute Gasteiger partial charge is 0.222 e. The minimum absolute atomic E-state index is 0.322. The number of carbonyl (C=O) groups excluding carboxylic acids is 1. The fourth-order valence-electron chi connectivity index (χ4n) is 3.90. The third kappa shape index (κ3) is 4.98. The van der Waals surface area contributed by atoms with Crippen LogP contribution in [0.2, 0.25) is 0 Å². The van der Waals surface area contributed by atoms with Crippen LogP contribution in [0, 0.1) is 11.3 Å². The Morgan fingerprint density at radius 2 is 1.95 bits per heavy atom. The van der Waals surface area contributed by atoms with Gasteiger partial charge in [-0.05, 0) is 43.6 Å². The van der Waals surface area contributed by atoms with Crippen LogP contribution in [0.25, 0.3) is 0 Å². The van der Waals surface area contributed by atoms with Crippen LogP contribution in [-0.4, -0.2) is 36.5 Å². The number of amides is 1. The molecule has 1 heterocycles. The predicted octanol–water partition coefficient (Wildman–Crippen LogP) is 3.58. The molecule has 0 bridgehead atoms. The SMILES string of the molecule is CCNC(CN1CCC(C)(C)CCC1=O)C1CCCCC1. The van der Waals surface area contributed by atoms with Gasteiger partial charge in [0.05, 0.1) is 0 Å².